The van der Waals surface area contributed by atoms with Crippen LogP contribution in [0.4, 0.5) is 0 Å². The van der Waals surface area contributed by atoms with Gasteiger partial charge in [0.1, 0.15) is 0 Å². The first kappa shape index (κ1) is 12.4. The molecule has 0 saturated heterocycles. The van der Waals surface area contributed by atoms with E-state index < -0.39 is 11.6 Å². The number of amides is 1. The van der Waals surface area contributed by atoms with Crippen molar-refractivity contribution >= 4 is 5.91 Å². The smallest absolute Gasteiger partial charge is 0.267 e. The summed E-state index contributed by atoms with van der Waals surface area (Å²) in [5, 5.41) is 12.0. The topological polar surface area (TPSA) is 75.4 Å². The van der Waals surface area contributed by atoms with Crippen LogP contribution in [0, 0.1) is 5.92 Å². The Balaban J connectivity index is 3.98. The summed E-state index contributed by atoms with van der Waals surface area (Å²) in [4.78, 5) is 11.2. The van der Waals surface area contributed by atoms with Crippen molar-refractivity contribution in [2.24, 2.45) is 11.7 Å². The summed E-state index contributed by atoms with van der Waals surface area (Å²) in [7, 11) is 0. The lowest BCUT2D eigenvalue weighted by atomic mass is 10.0. The summed E-state index contributed by atoms with van der Waals surface area (Å²) in [6.45, 7) is 6.32. The molecule has 0 fully saturated rings. The third kappa shape index (κ3) is 4.85. The third-order valence-corrected chi connectivity index (χ3v) is 1.83. The first-order chi connectivity index (χ1) is 5.90. The Bertz CT molecular complexity index is 167. The molecular weight excluding hydrogens is 168 g/mol. The van der Waals surface area contributed by atoms with E-state index in [9.17, 15) is 9.90 Å². The molecule has 0 saturated carbocycles. The van der Waals surface area contributed by atoms with Gasteiger partial charge in [-0.2, -0.15) is 0 Å². The van der Waals surface area contributed by atoms with E-state index in [1.807, 2.05) is 13.8 Å². The second-order valence-corrected chi connectivity index (χ2v) is 3.72. The molecule has 0 spiro atoms. The van der Waals surface area contributed by atoms with Crippen LogP contribution in [0.25, 0.3) is 0 Å². The van der Waals surface area contributed by atoms with Gasteiger partial charge in [0.05, 0.1) is 0 Å². The van der Waals surface area contributed by atoms with Gasteiger partial charge in [0.2, 0.25) is 0 Å². The largest absolute Gasteiger partial charge is 0.368 e. The van der Waals surface area contributed by atoms with E-state index in [4.69, 9.17) is 5.73 Å². The Hall–Kier alpha value is -0.610. The number of nitrogens with one attached hydrogen (secondary N) is 1. The third-order valence-electron chi connectivity index (χ3n) is 1.83. The minimum absolute atomic E-state index is 0.302. The molecule has 0 bridgehead atoms. The molecule has 0 aromatic rings. The first-order valence-electron chi connectivity index (χ1n) is 4.69. The SMILES string of the molecule is CCNC(=O)C(N)(O)CCC(C)C. The fraction of sp³-hybridized carbons (Fsp3) is 0.889. The van der Waals surface area contributed by atoms with Crippen LogP contribution >= 0.6 is 0 Å². The molecule has 0 radical (unpaired) electrons. The zero-order chi connectivity index (χ0) is 10.5. The van der Waals surface area contributed by atoms with Crippen LogP contribution in [0.5, 0.6) is 0 Å². The zero-order valence-corrected chi connectivity index (χ0v) is 8.63. The van der Waals surface area contributed by atoms with Crippen molar-refractivity contribution in [2.45, 2.75) is 39.3 Å². The number of carbonyl (C=O) groups excluding carboxylic acids is 1. The van der Waals surface area contributed by atoms with E-state index in [1.165, 1.54) is 0 Å². The Labute approximate surface area is 79.5 Å². The first-order valence-corrected chi connectivity index (χ1v) is 4.69. The highest BCUT2D eigenvalue weighted by Gasteiger charge is 2.29. The Morgan fingerprint density at radius 2 is 2.15 bits per heavy atom. The normalized spacial score (nSPS) is 15.5. The summed E-state index contributed by atoms with van der Waals surface area (Å²) in [5.41, 5.74) is 3.73. The van der Waals surface area contributed by atoms with Crippen molar-refractivity contribution in [3.8, 4) is 0 Å². The van der Waals surface area contributed by atoms with Gasteiger partial charge in [-0.3, -0.25) is 10.5 Å². The van der Waals surface area contributed by atoms with E-state index >= 15 is 0 Å². The lowest BCUT2D eigenvalue weighted by Gasteiger charge is -2.22. The van der Waals surface area contributed by atoms with E-state index in [2.05, 4.69) is 5.32 Å². The molecule has 0 rings (SSSR count). The molecule has 0 aromatic carbocycles. The predicted octanol–water partition coefficient (Wildman–Crippen LogP) is 0.206. The molecule has 0 heterocycles. The van der Waals surface area contributed by atoms with Gasteiger partial charge < -0.3 is 10.4 Å². The average molecular weight is 188 g/mol. The van der Waals surface area contributed by atoms with Gasteiger partial charge in [-0.1, -0.05) is 13.8 Å². The number of rotatable bonds is 5. The van der Waals surface area contributed by atoms with Gasteiger partial charge in [-0.25, -0.2) is 0 Å². The number of aliphatic hydroxyl groups is 1. The van der Waals surface area contributed by atoms with E-state index in [1.54, 1.807) is 6.92 Å². The molecule has 0 aromatic heterocycles. The number of carbonyl (C=O) groups is 1. The minimum Gasteiger partial charge on any atom is -0.368 e. The van der Waals surface area contributed by atoms with Crippen LogP contribution in [0.15, 0.2) is 0 Å². The Kier molecular flexibility index (Phi) is 4.95. The number of nitrogens with two attached hydrogens (primary N) is 1. The van der Waals surface area contributed by atoms with Crippen LogP contribution in [0.1, 0.15) is 33.6 Å². The molecule has 78 valence electrons. The maximum absolute atomic E-state index is 11.2. The van der Waals surface area contributed by atoms with Crippen molar-refractivity contribution in [1.82, 2.24) is 5.32 Å². The summed E-state index contributed by atoms with van der Waals surface area (Å²) in [6, 6.07) is 0. The average Bonchev–Trinajstić information content (AvgIpc) is 2.01. The quantitative estimate of drug-likeness (QED) is 0.540. The van der Waals surface area contributed by atoms with E-state index in [-0.39, 0.29) is 0 Å². The maximum atomic E-state index is 11.2. The van der Waals surface area contributed by atoms with Crippen LogP contribution in [-0.4, -0.2) is 23.3 Å². The van der Waals surface area contributed by atoms with Crippen molar-refractivity contribution in [3.63, 3.8) is 0 Å². The van der Waals surface area contributed by atoms with Gasteiger partial charge in [0.15, 0.2) is 5.72 Å². The number of hydrogen-bond acceptors (Lipinski definition) is 3. The lowest BCUT2D eigenvalue weighted by molar-refractivity contribution is -0.140. The standard InChI is InChI=1S/C9H20N2O2/c1-4-11-8(12)9(10,13)6-5-7(2)3/h7,13H,4-6,10H2,1-3H3,(H,11,12). The highest BCUT2D eigenvalue weighted by atomic mass is 16.3. The molecule has 1 amide bonds. The van der Waals surface area contributed by atoms with Crippen molar-refractivity contribution in [2.75, 3.05) is 6.54 Å². The van der Waals surface area contributed by atoms with Crippen LogP contribution in [0.2, 0.25) is 0 Å². The van der Waals surface area contributed by atoms with Crippen molar-refractivity contribution in [3.05, 3.63) is 0 Å². The summed E-state index contributed by atoms with van der Waals surface area (Å²) in [6.07, 6.45) is 1.04. The van der Waals surface area contributed by atoms with Crippen LogP contribution < -0.4 is 11.1 Å². The molecule has 4 nitrogen and oxygen atoms in total. The highest BCUT2D eigenvalue weighted by Crippen LogP contribution is 2.11. The Morgan fingerprint density at radius 3 is 2.54 bits per heavy atom. The monoisotopic (exact) mass is 188 g/mol. The molecule has 0 aliphatic rings. The van der Waals surface area contributed by atoms with Gasteiger partial charge in [-0.05, 0) is 25.7 Å². The fourth-order valence-corrected chi connectivity index (χ4v) is 0.936. The molecule has 1 unspecified atom stereocenters. The summed E-state index contributed by atoms with van der Waals surface area (Å²) in [5.74, 6) is -0.0554. The molecule has 13 heavy (non-hydrogen) atoms. The van der Waals surface area contributed by atoms with Crippen LogP contribution in [-0.2, 0) is 4.79 Å². The fourth-order valence-electron chi connectivity index (χ4n) is 0.936. The lowest BCUT2D eigenvalue weighted by Crippen LogP contribution is -2.54. The molecule has 0 aliphatic carbocycles. The molecule has 1 atom stereocenters. The second kappa shape index (κ2) is 5.19. The molecular formula is C9H20N2O2. The van der Waals surface area contributed by atoms with E-state index in [0.717, 1.165) is 6.42 Å². The summed E-state index contributed by atoms with van der Waals surface area (Å²) >= 11 is 0. The summed E-state index contributed by atoms with van der Waals surface area (Å²) < 4.78 is 0. The van der Waals surface area contributed by atoms with Crippen molar-refractivity contribution in [1.29, 1.82) is 0 Å². The minimum atomic E-state index is -1.71. The Morgan fingerprint density at radius 1 is 1.62 bits per heavy atom. The molecule has 4 heteroatoms. The molecule has 4 N–H and O–H groups in total. The van der Waals surface area contributed by atoms with Gasteiger partial charge in [0.25, 0.3) is 5.91 Å². The van der Waals surface area contributed by atoms with Gasteiger partial charge in [0, 0.05) is 6.54 Å². The zero-order valence-electron chi connectivity index (χ0n) is 8.63. The van der Waals surface area contributed by atoms with Gasteiger partial charge >= 0.3 is 0 Å². The maximum Gasteiger partial charge on any atom is 0.267 e. The number of likely N-dealkylation sites (N-methyl/N-ethyl adjacent to an activating group) is 1. The predicted molar refractivity (Wildman–Crippen MR) is 51.9 cm³/mol. The van der Waals surface area contributed by atoms with Gasteiger partial charge in [-0.15, -0.1) is 0 Å². The van der Waals surface area contributed by atoms with E-state index in [0.29, 0.717) is 18.9 Å². The van der Waals surface area contributed by atoms with Crippen molar-refractivity contribution < 1.29 is 9.90 Å². The number of hydrogen-bond donors (Lipinski definition) is 3. The molecule has 0 aliphatic heterocycles. The van der Waals surface area contributed by atoms with Crippen LogP contribution in [0.3, 0.4) is 0 Å². The second-order valence-electron chi connectivity index (χ2n) is 3.72. The highest BCUT2D eigenvalue weighted by molar-refractivity contribution is 5.83.